The van der Waals surface area contributed by atoms with E-state index in [2.05, 4.69) is 9.97 Å². The van der Waals surface area contributed by atoms with Crippen molar-refractivity contribution in [2.45, 2.75) is 24.8 Å². The highest BCUT2D eigenvalue weighted by atomic mass is 35.5. The van der Waals surface area contributed by atoms with Crippen molar-refractivity contribution in [1.29, 1.82) is 5.26 Å². The van der Waals surface area contributed by atoms with Gasteiger partial charge in [0, 0.05) is 50.1 Å². The maximum atomic E-state index is 13.7. The van der Waals surface area contributed by atoms with E-state index in [0.29, 0.717) is 49.9 Å². The van der Waals surface area contributed by atoms with Crippen molar-refractivity contribution in [3.8, 4) is 11.8 Å². The van der Waals surface area contributed by atoms with Crippen molar-refractivity contribution in [2.24, 2.45) is 5.92 Å². The first kappa shape index (κ1) is 27.3. The minimum Gasteiger partial charge on any atom is -0.410 e. The molecule has 5 rings (SSSR count). The summed E-state index contributed by atoms with van der Waals surface area (Å²) in [5.74, 6) is 0.202. The van der Waals surface area contributed by atoms with Crippen LogP contribution in [0.4, 0.5) is 15.0 Å². The Labute approximate surface area is 236 Å². The van der Waals surface area contributed by atoms with E-state index in [1.54, 1.807) is 25.4 Å². The topological polar surface area (TPSA) is 103 Å². The molecule has 9 nitrogen and oxygen atoms in total. The van der Waals surface area contributed by atoms with Crippen LogP contribution in [0, 0.1) is 23.1 Å². The summed E-state index contributed by atoms with van der Waals surface area (Å²) in [5.41, 5.74) is 1.23. The average molecular weight is 563 g/mol. The molecule has 2 aromatic carbocycles. The number of halogens is 2. The van der Waals surface area contributed by atoms with Crippen LogP contribution in [0.5, 0.6) is 5.75 Å². The van der Waals surface area contributed by atoms with Gasteiger partial charge in [0.15, 0.2) is 5.69 Å². The summed E-state index contributed by atoms with van der Waals surface area (Å²) in [6, 6.07) is 14.4. The van der Waals surface area contributed by atoms with Crippen molar-refractivity contribution in [3.63, 3.8) is 0 Å². The molecule has 2 aliphatic heterocycles. The highest BCUT2D eigenvalue weighted by Gasteiger charge is 2.42. The second kappa shape index (κ2) is 11.9. The van der Waals surface area contributed by atoms with Gasteiger partial charge < -0.3 is 19.4 Å². The van der Waals surface area contributed by atoms with Crippen LogP contribution in [0.25, 0.3) is 0 Å². The zero-order valence-corrected chi connectivity index (χ0v) is 22.7. The molecule has 2 amide bonds. The van der Waals surface area contributed by atoms with Crippen molar-refractivity contribution < 1.29 is 18.7 Å². The first-order valence-electron chi connectivity index (χ1n) is 13.0. The molecule has 11 heteroatoms. The molecular weight excluding hydrogens is 535 g/mol. The lowest BCUT2D eigenvalue weighted by Gasteiger charge is -2.33. The van der Waals surface area contributed by atoms with E-state index >= 15 is 0 Å². The third kappa shape index (κ3) is 6.00. The predicted octanol–water partition coefficient (Wildman–Crippen LogP) is 4.48. The number of likely N-dealkylation sites (N-methyl/N-ethyl adjacent to an activating group) is 1. The van der Waals surface area contributed by atoms with E-state index in [4.69, 9.17) is 21.6 Å². The van der Waals surface area contributed by atoms with Gasteiger partial charge in [-0.1, -0.05) is 23.7 Å². The number of nitrogens with zero attached hydrogens (tertiary/aromatic N) is 6. The molecule has 2 saturated heterocycles. The van der Waals surface area contributed by atoms with E-state index < -0.39 is 11.9 Å². The first-order chi connectivity index (χ1) is 19.3. The lowest BCUT2D eigenvalue weighted by Crippen LogP contribution is -2.45. The fraction of sp³-hybridized carbons (Fsp3) is 0.345. The number of amides is 2. The fourth-order valence-electron chi connectivity index (χ4n) is 5.38. The summed E-state index contributed by atoms with van der Waals surface area (Å²) in [5, 5.41) is 9.72. The molecule has 0 aliphatic carbocycles. The van der Waals surface area contributed by atoms with E-state index in [1.807, 2.05) is 28.0 Å². The minimum absolute atomic E-state index is 0.0540. The molecule has 0 saturated carbocycles. The third-order valence-corrected chi connectivity index (χ3v) is 7.86. The second-order valence-electron chi connectivity index (χ2n) is 10.0. The first-order valence-corrected chi connectivity index (χ1v) is 13.4. The molecule has 206 valence electrons. The minimum atomic E-state index is -0.584. The van der Waals surface area contributed by atoms with Gasteiger partial charge in [0.1, 0.15) is 23.5 Å². The summed E-state index contributed by atoms with van der Waals surface area (Å²) in [6.45, 7) is 2.07. The van der Waals surface area contributed by atoms with Crippen molar-refractivity contribution in [3.05, 3.63) is 83.0 Å². The Morgan fingerprint density at radius 3 is 2.45 bits per heavy atom. The summed E-state index contributed by atoms with van der Waals surface area (Å²) < 4.78 is 18.8. The Morgan fingerprint density at radius 1 is 1.07 bits per heavy atom. The Morgan fingerprint density at radius 2 is 1.77 bits per heavy atom. The van der Waals surface area contributed by atoms with Crippen LogP contribution in [-0.2, 0) is 4.79 Å². The molecule has 0 N–H and O–H groups in total. The molecule has 2 atom stereocenters. The largest absolute Gasteiger partial charge is 0.415 e. The molecule has 2 aliphatic rings. The van der Waals surface area contributed by atoms with Gasteiger partial charge in [-0.25, -0.2) is 14.2 Å². The number of hydrogen-bond acceptors (Lipinski definition) is 7. The van der Waals surface area contributed by atoms with Gasteiger partial charge in [-0.05, 0) is 54.8 Å². The standard InChI is InChI=1S/C29H28ClFN6O3/c1-35(29(39)40-24-8-6-22(31)7-9-24)26-18-37(17-25(26)19-2-4-21(30)5-3-19)28(38)20-10-12-36(13-11-20)27-16-33-15-23(14-32)34-27/h2-9,15-16,20,25-26H,10-13,17-18H2,1H3/t25-,26+/m0/s1. The van der Waals surface area contributed by atoms with Gasteiger partial charge in [-0.3, -0.25) is 9.78 Å². The number of likely N-dealkylation sites (tertiary alicyclic amines) is 1. The van der Waals surface area contributed by atoms with E-state index in [1.165, 1.54) is 35.4 Å². The maximum absolute atomic E-state index is 13.7. The van der Waals surface area contributed by atoms with Crippen LogP contribution in [-0.4, -0.2) is 71.0 Å². The van der Waals surface area contributed by atoms with Gasteiger partial charge in [-0.2, -0.15) is 5.26 Å². The number of benzene rings is 2. The highest BCUT2D eigenvalue weighted by molar-refractivity contribution is 6.30. The summed E-state index contributed by atoms with van der Waals surface area (Å²) in [6.07, 6.45) is 3.76. The number of anilines is 1. The predicted molar refractivity (Wildman–Crippen MR) is 146 cm³/mol. The number of aromatic nitrogens is 2. The van der Waals surface area contributed by atoms with E-state index in [-0.39, 0.29) is 35.2 Å². The zero-order chi connectivity index (χ0) is 28.2. The number of hydrogen-bond donors (Lipinski definition) is 0. The summed E-state index contributed by atoms with van der Waals surface area (Å²) in [4.78, 5) is 40.5. The number of carbonyl (C=O) groups excluding carboxylic acids is 2. The fourth-order valence-corrected chi connectivity index (χ4v) is 5.51. The SMILES string of the molecule is CN(C(=O)Oc1ccc(F)cc1)[C@@H]1CN(C(=O)C2CCN(c3cncc(C#N)n3)CC2)C[C@H]1c1ccc(Cl)cc1. The van der Waals surface area contributed by atoms with Crippen molar-refractivity contribution >= 4 is 29.4 Å². The number of carbonyl (C=O) groups is 2. The zero-order valence-electron chi connectivity index (χ0n) is 21.9. The van der Waals surface area contributed by atoms with Crippen LogP contribution in [0.1, 0.15) is 30.0 Å². The number of nitriles is 1. The summed E-state index contributed by atoms with van der Waals surface area (Å²) in [7, 11) is 1.66. The van der Waals surface area contributed by atoms with E-state index in [0.717, 1.165) is 5.56 Å². The molecule has 0 unspecified atom stereocenters. The van der Waals surface area contributed by atoms with Gasteiger partial charge in [0.2, 0.25) is 5.91 Å². The average Bonchev–Trinajstić information content (AvgIpc) is 3.43. The van der Waals surface area contributed by atoms with Crippen LogP contribution in [0.2, 0.25) is 5.02 Å². The molecular formula is C29H28ClFN6O3. The quantitative estimate of drug-likeness (QED) is 0.451. The molecule has 40 heavy (non-hydrogen) atoms. The molecule has 0 bridgehead atoms. The van der Waals surface area contributed by atoms with Crippen molar-refractivity contribution in [1.82, 2.24) is 19.8 Å². The molecule has 0 spiro atoms. The molecule has 2 fully saturated rings. The van der Waals surface area contributed by atoms with Gasteiger partial charge >= 0.3 is 6.09 Å². The van der Waals surface area contributed by atoms with Crippen LogP contribution < -0.4 is 9.64 Å². The molecule has 3 heterocycles. The highest BCUT2D eigenvalue weighted by Crippen LogP contribution is 2.34. The number of ether oxygens (including phenoxy) is 1. The van der Waals surface area contributed by atoms with E-state index in [9.17, 15) is 14.0 Å². The monoisotopic (exact) mass is 562 g/mol. The van der Waals surface area contributed by atoms with Gasteiger partial charge in [-0.15, -0.1) is 0 Å². The Hall–Kier alpha value is -4.23. The van der Waals surface area contributed by atoms with Gasteiger partial charge in [0.25, 0.3) is 0 Å². The molecule has 1 aromatic heterocycles. The lowest BCUT2D eigenvalue weighted by atomic mass is 9.93. The summed E-state index contributed by atoms with van der Waals surface area (Å²) >= 11 is 6.12. The third-order valence-electron chi connectivity index (χ3n) is 7.61. The molecule has 0 radical (unpaired) electrons. The Bertz CT molecular complexity index is 1410. The van der Waals surface area contributed by atoms with Gasteiger partial charge in [0.05, 0.1) is 18.4 Å². The van der Waals surface area contributed by atoms with Crippen LogP contribution >= 0.6 is 11.6 Å². The Kier molecular flexibility index (Phi) is 8.12. The van der Waals surface area contributed by atoms with Crippen LogP contribution in [0.3, 0.4) is 0 Å². The maximum Gasteiger partial charge on any atom is 0.415 e. The normalized spacial score (nSPS) is 19.2. The molecule has 3 aromatic rings. The Balaban J connectivity index is 1.28. The lowest BCUT2D eigenvalue weighted by molar-refractivity contribution is -0.135. The van der Waals surface area contributed by atoms with Crippen LogP contribution in [0.15, 0.2) is 60.9 Å². The van der Waals surface area contributed by atoms with Crippen molar-refractivity contribution in [2.75, 3.05) is 38.1 Å². The second-order valence-corrected chi connectivity index (χ2v) is 10.5. The smallest absolute Gasteiger partial charge is 0.410 e. The number of rotatable bonds is 5. The number of piperidine rings is 1.